The highest BCUT2D eigenvalue weighted by molar-refractivity contribution is 4.97. The molecule has 0 aliphatic rings. The molecule has 0 atom stereocenters. The molecule has 0 saturated heterocycles. The Hall–Kier alpha value is -0.860. The van der Waals surface area contributed by atoms with Gasteiger partial charge in [-0.2, -0.15) is 0 Å². The first-order valence-corrected chi connectivity index (χ1v) is 2.04. The van der Waals surface area contributed by atoms with Crippen LogP contribution in [0.4, 0.5) is 8.78 Å². The van der Waals surface area contributed by atoms with Crippen LogP contribution in [-0.4, -0.2) is 0 Å². The maximum absolute atomic E-state index is 11.5. The van der Waals surface area contributed by atoms with Gasteiger partial charge in [-0.3, -0.25) is 0 Å². The van der Waals surface area contributed by atoms with Gasteiger partial charge < -0.3 is 4.42 Å². The van der Waals surface area contributed by atoms with Crippen LogP contribution in [0.25, 0.3) is 0 Å². The summed E-state index contributed by atoms with van der Waals surface area (Å²) in [6.07, 6.45) is -0.357. The second-order valence-corrected chi connectivity index (χ2v) is 1.26. The van der Waals surface area contributed by atoms with Crippen molar-refractivity contribution in [3.8, 4) is 0 Å². The summed E-state index contributed by atoms with van der Waals surface area (Å²) in [5, 5.41) is 0. The van der Waals surface area contributed by atoms with Crippen LogP contribution in [0.3, 0.4) is 0 Å². The van der Waals surface area contributed by atoms with Crippen molar-refractivity contribution in [2.24, 2.45) is 0 Å². The summed E-state index contributed by atoms with van der Waals surface area (Å²) in [6, 6.07) is 2.49. The van der Waals surface area contributed by atoms with Crippen molar-refractivity contribution in [3.05, 3.63) is 24.2 Å². The van der Waals surface area contributed by atoms with E-state index in [0.29, 0.717) is 0 Å². The number of alkyl halides is 2. The van der Waals surface area contributed by atoms with Crippen molar-refractivity contribution in [1.82, 2.24) is 0 Å². The summed E-state index contributed by atoms with van der Waals surface area (Å²) in [7, 11) is 0. The molecule has 1 radical (unpaired) electrons. The summed E-state index contributed by atoms with van der Waals surface area (Å²) in [5.74, 6) is -0.329. The molecule has 0 aliphatic heterocycles. The molecular formula is C5H3F2O. The lowest BCUT2D eigenvalue weighted by Gasteiger charge is -1.86. The molecule has 0 saturated carbocycles. The quantitative estimate of drug-likeness (QED) is 0.548. The summed E-state index contributed by atoms with van der Waals surface area (Å²) in [4.78, 5) is 0. The number of furan rings is 1. The minimum Gasteiger partial charge on any atom is -0.452 e. The van der Waals surface area contributed by atoms with E-state index >= 15 is 0 Å². The van der Waals surface area contributed by atoms with E-state index in [9.17, 15) is 8.78 Å². The minimum absolute atomic E-state index is 0.329. The lowest BCUT2D eigenvalue weighted by Crippen LogP contribution is -1.74. The Balaban J connectivity index is 2.77. The normalized spacial score (nSPS) is 10.4. The molecule has 0 spiro atoms. The fourth-order valence-corrected chi connectivity index (χ4v) is 0.370. The number of halogens is 2. The molecule has 1 aromatic heterocycles. The molecule has 3 heteroatoms. The van der Waals surface area contributed by atoms with Gasteiger partial charge in [-0.15, -0.1) is 0 Å². The third-order valence-electron chi connectivity index (χ3n) is 0.707. The van der Waals surface area contributed by atoms with Crippen molar-refractivity contribution in [1.29, 1.82) is 0 Å². The molecule has 0 N–H and O–H groups in total. The van der Waals surface area contributed by atoms with Crippen LogP contribution < -0.4 is 0 Å². The van der Waals surface area contributed by atoms with Gasteiger partial charge in [-0.05, 0) is 12.1 Å². The smallest absolute Gasteiger partial charge is 0.295 e. The Bertz CT molecular complexity index is 145. The van der Waals surface area contributed by atoms with E-state index in [1.54, 1.807) is 0 Å². The van der Waals surface area contributed by atoms with E-state index in [0.717, 1.165) is 0 Å². The van der Waals surface area contributed by atoms with Crippen LogP contribution in [0.5, 0.6) is 0 Å². The predicted molar refractivity (Wildman–Crippen MR) is 22.5 cm³/mol. The van der Waals surface area contributed by atoms with Crippen molar-refractivity contribution < 1.29 is 13.2 Å². The maximum atomic E-state index is 11.5. The lowest BCUT2D eigenvalue weighted by molar-refractivity contribution is 0.121. The maximum Gasteiger partial charge on any atom is 0.295 e. The van der Waals surface area contributed by atoms with Crippen LogP contribution in [0.1, 0.15) is 12.2 Å². The molecule has 0 aromatic carbocycles. The molecular weight excluding hydrogens is 114 g/mol. The minimum atomic E-state index is -2.51. The molecule has 0 aliphatic carbocycles. The molecule has 0 bridgehead atoms. The fourth-order valence-electron chi connectivity index (χ4n) is 0.370. The standard InChI is InChI=1S/C5H3F2O/c6-5(7)4-2-1-3-8-4/h1-2,5H. The van der Waals surface area contributed by atoms with E-state index in [4.69, 9.17) is 0 Å². The largest absolute Gasteiger partial charge is 0.452 e. The molecule has 0 unspecified atom stereocenters. The van der Waals surface area contributed by atoms with Gasteiger partial charge in [-0.1, -0.05) is 0 Å². The van der Waals surface area contributed by atoms with Crippen LogP contribution in [0.2, 0.25) is 0 Å². The number of rotatable bonds is 1. The van der Waals surface area contributed by atoms with Gasteiger partial charge >= 0.3 is 0 Å². The van der Waals surface area contributed by atoms with Gasteiger partial charge in [0.2, 0.25) is 0 Å². The second kappa shape index (κ2) is 1.94. The number of hydrogen-bond acceptors (Lipinski definition) is 1. The molecule has 8 heavy (non-hydrogen) atoms. The Morgan fingerprint density at radius 3 is 2.62 bits per heavy atom. The highest BCUT2D eigenvalue weighted by Crippen LogP contribution is 2.17. The first kappa shape index (κ1) is 5.28. The van der Waals surface area contributed by atoms with E-state index in [-0.39, 0.29) is 5.76 Å². The summed E-state index contributed by atoms with van der Waals surface area (Å²) in [6.45, 7) is 0. The van der Waals surface area contributed by atoms with Gasteiger partial charge in [0.05, 0.1) is 0 Å². The van der Waals surface area contributed by atoms with E-state index < -0.39 is 6.43 Å². The molecule has 1 aromatic rings. The molecule has 1 heterocycles. The monoisotopic (exact) mass is 117 g/mol. The number of hydrogen-bond donors (Lipinski definition) is 0. The Morgan fingerprint density at radius 2 is 2.38 bits per heavy atom. The molecule has 0 fully saturated rings. The zero-order valence-electron chi connectivity index (χ0n) is 3.90. The Kier molecular flexibility index (Phi) is 1.28. The molecule has 1 nitrogen and oxygen atoms in total. The second-order valence-electron chi connectivity index (χ2n) is 1.26. The molecule has 0 amide bonds. The molecule has 43 valence electrons. The van der Waals surface area contributed by atoms with Gasteiger partial charge in [0.1, 0.15) is 0 Å². The van der Waals surface area contributed by atoms with Crippen molar-refractivity contribution in [2.45, 2.75) is 6.43 Å². The topological polar surface area (TPSA) is 13.1 Å². The summed E-state index contributed by atoms with van der Waals surface area (Å²) in [5.41, 5.74) is 0. The average Bonchev–Trinajstić information content (AvgIpc) is 2.12. The summed E-state index contributed by atoms with van der Waals surface area (Å²) >= 11 is 0. The fraction of sp³-hybridized carbons (Fsp3) is 0.200. The van der Waals surface area contributed by atoms with Crippen LogP contribution in [0, 0.1) is 6.26 Å². The first-order chi connectivity index (χ1) is 3.80. The Labute approximate surface area is 44.9 Å². The third kappa shape index (κ3) is 0.857. The highest BCUT2D eigenvalue weighted by Gasteiger charge is 2.07. The van der Waals surface area contributed by atoms with E-state index in [2.05, 4.69) is 10.7 Å². The predicted octanol–water partition coefficient (Wildman–Crippen LogP) is 2.02. The van der Waals surface area contributed by atoms with Crippen molar-refractivity contribution in [3.63, 3.8) is 0 Å². The van der Waals surface area contributed by atoms with Crippen LogP contribution in [0.15, 0.2) is 16.5 Å². The molecule has 1 rings (SSSR count). The Morgan fingerprint density at radius 1 is 1.62 bits per heavy atom. The van der Waals surface area contributed by atoms with Gasteiger partial charge in [0.25, 0.3) is 6.43 Å². The van der Waals surface area contributed by atoms with Gasteiger partial charge in [0.15, 0.2) is 12.0 Å². The SMILES string of the molecule is FC(F)c1cc[c]o1. The summed E-state index contributed by atoms with van der Waals surface area (Å²) < 4.78 is 27.2. The van der Waals surface area contributed by atoms with Gasteiger partial charge in [0, 0.05) is 0 Å². The highest BCUT2D eigenvalue weighted by atomic mass is 19.3. The van der Waals surface area contributed by atoms with Crippen LogP contribution in [-0.2, 0) is 0 Å². The lowest BCUT2D eigenvalue weighted by atomic mass is 10.5. The third-order valence-corrected chi connectivity index (χ3v) is 0.707. The zero-order chi connectivity index (χ0) is 5.98. The average molecular weight is 117 g/mol. The van der Waals surface area contributed by atoms with Crippen LogP contribution >= 0.6 is 0 Å². The van der Waals surface area contributed by atoms with Crippen molar-refractivity contribution in [2.75, 3.05) is 0 Å². The first-order valence-electron chi connectivity index (χ1n) is 2.04. The van der Waals surface area contributed by atoms with Gasteiger partial charge in [-0.25, -0.2) is 8.78 Å². The van der Waals surface area contributed by atoms with E-state index in [1.165, 1.54) is 12.1 Å². The van der Waals surface area contributed by atoms with E-state index in [1.807, 2.05) is 0 Å². The van der Waals surface area contributed by atoms with Crippen molar-refractivity contribution >= 4 is 0 Å². The zero-order valence-corrected chi connectivity index (χ0v) is 3.90.